The smallest absolute Gasteiger partial charge is 0.341 e. The largest absolute Gasteiger partial charge is 0.492 e. The summed E-state index contributed by atoms with van der Waals surface area (Å²) in [5, 5.41) is 23.8. The van der Waals surface area contributed by atoms with E-state index in [1.807, 2.05) is 0 Å². The summed E-state index contributed by atoms with van der Waals surface area (Å²) in [6, 6.07) is 6.67. The van der Waals surface area contributed by atoms with E-state index >= 15 is 0 Å². The van der Waals surface area contributed by atoms with Gasteiger partial charge >= 0.3 is 5.97 Å². The quantitative estimate of drug-likeness (QED) is 0.420. The van der Waals surface area contributed by atoms with Gasteiger partial charge in [-0.2, -0.15) is 0 Å². The first-order valence-electron chi connectivity index (χ1n) is 12.2. The molecule has 0 radical (unpaired) electrons. The fourth-order valence-electron chi connectivity index (χ4n) is 5.69. The molecule has 2 heterocycles. The monoisotopic (exact) mass is 518 g/mol. The Morgan fingerprint density at radius 1 is 1.31 bits per heavy atom. The summed E-state index contributed by atoms with van der Waals surface area (Å²) in [4.78, 5) is 12.1. The van der Waals surface area contributed by atoms with Crippen LogP contribution in [0.15, 0.2) is 35.2 Å². The van der Waals surface area contributed by atoms with Crippen LogP contribution in [-0.4, -0.2) is 49.9 Å². The molecule has 10 heteroatoms. The van der Waals surface area contributed by atoms with Crippen LogP contribution in [-0.2, 0) is 10.0 Å². The van der Waals surface area contributed by atoms with E-state index in [9.17, 15) is 27.8 Å². The van der Waals surface area contributed by atoms with Gasteiger partial charge in [-0.05, 0) is 99.3 Å². The molecule has 8 nitrogen and oxygen atoms in total. The lowest BCUT2D eigenvalue weighted by Gasteiger charge is -2.31. The van der Waals surface area contributed by atoms with Gasteiger partial charge < -0.3 is 20.3 Å². The Morgan fingerprint density at radius 2 is 2.08 bits per heavy atom. The van der Waals surface area contributed by atoms with Crippen LogP contribution in [0.25, 0.3) is 0 Å². The van der Waals surface area contributed by atoms with Crippen LogP contribution in [0.2, 0.25) is 0 Å². The molecule has 2 fully saturated rings. The summed E-state index contributed by atoms with van der Waals surface area (Å²) >= 11 is 0. The van der Waals surface area contributed by atoms with Gasteiger partial charge in [0, 0.05) is 5.92 Å². The molecule has 1 saturated carbocycles. The predicted octanol–water partition coefficient (Wildman–Crippen LogP) is 3.67. The van der Waals surface area contributed by atoms with Gasteiger partial charge in [0.1, 0.15) is 17.1 Å². The maximum absolute atomic E-state index is 14.5. The average Bonchev–Trinajstić information content (AvgIpc) is 3.39. The molecule has 2 aromatic rings. The number of sulfonamides is 1. The number of fused-ring (bicyclic) bond motifs is 3. The SMILES string of the molecule is CC(C)(O)C[C@@H](c1cc(F)ccc1S(=O)(=O)Nc1ccc2c(c1C(=O)O)OC[C@@H]1C[C@H]21)C1CCNC1. The molecule has 3 aliphatic rings. The van der Waals surface area contributed by atoms with Gasteiger partial charge in [-0.25, -0.2) is 17.6 Å². The highest BCUT2D eigenvalue weighted by Crippen LogP contribution is 2.55. The topological polar surface area (TPSA) is 125 Å². The van der Waals surface area contributed by atoms with Gasteiger partial charge in [0.05, 0.1) is 22.8 Å². The van der Waals surface area contributed by atoms with Crippen molar-refractivity contribution in [3.8, 4) is 5.75 Å². The Hall–Kier alpha value is -2.69. The van der Waals surface area contributed by atoms with Crippen molar-refractivity contribution in [2.75, 3.05) is 24.4 Å². The number of anilines is 1. The fourth-order valence-corrected chi connectivity index (χ4v) is 7.03. The number of rotatable bonds is 8. The minimum Gasteiger partial charge on any atom is -0.492 e. The van der Waals surface area contributed by atoms with Crippen molar-refractivity contribution in [1.29, 1.82) is 0 Å². The molecule has 1 unspecified atom stereocenters. The van der Waals surface area contributed by atoms with Gasteiger partial charge in [-0.3, -0.25) is 4.72 Å². The van der Waals surface area contributed by atoms with Gasteiger partial charge in [0.2, 0.25) is 0 Å². The lowest BCUT2D eigenvalue weighted by Crippen LogP contribution is -2.29. The average molecular weight is 519 g/mol. The zero-order valence-electron chi connectivity index (χ0n) is 20.3. The standard InChI is InChI=1S/C26H31FN2O6S/c1-26(2,32)11-20(14-7-8-28-12-14)19-10-16(27)3-6-22(19)36(33,34)29-21-5-4-17-18-9-15(18)13-35-24(17)23(21)25(30)31/h3-6,10,14-15,18,20,28-29,32H,7-9,11-13H2,1-2H3,(H,30,31)/t14?,15-,18-,20+/m0/s1. The van der Waals surface area contributed by atoms with E-state index in [-0.39, 0.29) is 45.7 Å². The number of aromatic carboxylic acids is 1. The summed E-state index contributed by atoms with van der Waals surface area (Å²) in [5.74, 6) is -1.48. The summed E-state index contributed by atoms with van der Waals surface area (Å²) < 4.78 is 50.0. The van der Waals surface area contributed by atoms with E-state index in [0.29, 0.717) is 19.1 Å². The molecule has 1 saturated heterocycles. The number of ether oxygens (including phenoxy) is 1. The van der Waals surface area contributed by atoms with E-state index in [4.69, 9.17) is 4.74 Å². The van der Waals surface area contributed by atoms with Gasteiger partial charge in [0.25, 0.3) is 10.0 Å². The maximum Gasteiger partial charge on any atom is 0.341 e. The molecule has 36 heavy (non-hydrogen) atoms. The molecular formula is C26H31FN2O6S. The molecule has 4 atom stereocenters. The predicted molar refractivity (Wildman–Crippen MR) is 132 cm³/mol. The Morgan fingerprint density at radius 3 is 2.75 bits per heavy atom. The Labute approximate surface area is 209 Å². The highest BCUT2D eigenvalue weighted by molar-refractivity contribution is 7.92. The number of carboxylic acid groups (broad SMARTS) is 1. The number of hydrogen-bond donors (Lipinski definition) is 4. The number of nitrogens with one attached hydrogen (secondary N) is 2. The van der Waals surface area contributed by atoms with E-state index in [1.54, 1.807) is 19.9 Å². The number of aliphatic hydroxyl groups is 1. The first-order chi connectivity index (χ1) is 16.9. The minimum absolute atomic E-state index is 0.00499. The summed E-state index contributed by atoms with van der Waals surface area (Å²) in [6.07, 6.45) is 1.92. The van der Waals surface area contributed by atoms with E-state index in [2.05, 4.69) is 10.0 Å². The second kappa shape index (κ2) is 9.00. The van der Waals surface area contributed by atoms with E-state index in [0.717, 1.165) is 31.0 Å². The molecule has 194 valence electrons. The molecule has 0 bridgehead atoms. The minimum atomic E-state index is -4.31. The van der Waals surface area contributed by atoms with Crippen LogP contribution in [0.4, 0.5) is 10.1 Å². The van der Waals surface area contributed by atoms with Crippen LogP contribution in [0.1, 0.15) is 66.4 Å². The zero-order valence-corrected chi connectivity index (χ0v) is 21.1. The third-order valence-corrected chi connectivity index (χ3v) is 8.90. The Balaban J connectivity index is 1.56. The third-order valence-electron chi connectivity index (χ3n) is 7.46. The number of benzene rings is 2. The van der Waals surface area contributed by atoms with E-state index < -0.39 is 33.3 Å². The highest BCUT2D eigenvalue weighted by atomic mass is 32.2. The number of halogens is 1. The van der Waals surface area contributed by atoms with Crippen molar-refractivity contribution in [2.24, 2.45) is 11.8 Å². The second-order valence-corrected chi connectivity index (χ2v) is 12.4. The van der Waals surface area contributed by atoms with Crippen molar-refractivity contribution in [2.45, 2.75) is 55.4 Å². The van der Waals surface area contributed by atoms with Crippen LogP contribution < -0.4 is 14.8 Å². The van der Waals surface area contributed by atoms with Crippen LogP contribution in [0.5, 0.6) is 5.75 Å². The van der Waals surface area contributed by atoms with E-state index in [1.165, 1.54) is 18.2 Å². The van der Waals surface area contributed by atoms with Crippen LogP contribution in [0.3, 0.4) is 0 Å². The molecule has 5 rings (SSSR count). The molecule has 1 aliphatic carbocycles. The second-order valence-electron chi connectivity index (χ2n) is 10.8. The van der Waals surface area contributed by atoms with Crippen LogP contribution in [0, 0.1) is 17.7 Å². The van der Waals surface area contributed by atoms with Crippen molar-refractivity contribution >= 4 is 21.7 Å². The van der Waals surface area contributed by atoms with Crippen molar-refractivity contribution in [3.63, 3.8) is 0 Å². The van der Waals surface area contributed by atoms with Crippen molar-refractivity contribution < 1.29 is 32.6 Å². The Bertz CT molecular complexity index is 1300. The number of carboxylic acids is 1. The number of carbonyl (C=O) groups is 1. The molecule has 2 aliphatic heterocycles. The summed E-state index contributed by atoms with van der Waals surface area (Å²) in [7, 11) is -4.31. The van der Waals surface area contributed by atoms with Gasteiger partial charge in [-0.1, -0.05) is 6.07 Å². The van der Waals surface area contributed by atoms with Crippen molar-refractivity contribution in [3.05, 3.63) is 52.8 Å². The van der Waals surface area contributed by atoms with Crippen LogP contribution >= 0.6 is 0 Å². The lowest BCUT2D eigenvalue weighted by molar-refractivity contribution is 0.0561. The molecule has 0 amide bonds. The molecule has 4 N–H and O–H groups in total. The molecular weight excluding hydrogens is 487 g/mol. The normalized spacial score (nSPS) is 23.8. The first kappa shape index (κ1) is 25.0. The lowest BCUT2D eigenvalue weighted by atomic mass is 9.78. The zero-order chi connectivity index (χ0) is 25.8. The molecule has 0 spiro atoms. The van der Waals surface area contributed by atoms with Gasteiger partial charge in [-0.15, -0.1) is 0 Å². The molecule has 0 aromatic heterocycles. The molecule has 2 aromatic carbocycles. The van der Waals surface area contributed by atoms with Gasteiger partial charge in [0.15, 0.2) is 0 Å². The Kier molecular flexibility index (Phi) is 6.25. The maximum atomic E-state index is 14.5. The summed E-state index contributed by atoms with van der Waals surface area (Å²) in [6.45, 7) is 5.07. The first-order valence-corrected chi connectivity index (χ1v) is 13.7. The summed E-state index contributed by atoms with van der Waals surface area (Å²) in [5.41, 5.74) is -0.380. The third kappa shape index (κ3) is 4.81. The fraction of sp³-hybridized carbons (Fsp3) is 0.500. The highest BCUT2D eigenvalue weighted by Gasteiger charge is 2.45. The van der Waals surface area contributed by atoms with Crippen molar-refractivity contribution in [1.82, 2.24) is 5.32 Å². The number of hydrogen-bond acceptors (Lipinski definition) is 6.